The normalized spacial score (nSPS) is 11.7. The number of aldehydes is 1. The van der Waals surface area contributed by atoms with E-state index >= 15 is 0 Å². The summed E-state index contributed by atoms with van der Waals surface area (Å²) in [6, 6.07) is 0. The molecule has 0 fully saturated rings. The Labute approximate surface area is 96.2 Å². The third-order valence-corrected chi connectivity index (χ3v) is 1.94. The zero-order chi connectivity index (χ0) is 13.2. The van der Waals surface area contributed by atoms with Crippen LogP contribution in [0.25, 0.3) is 0 Å². The summed E-state index contributed by atoms with van der Waals surface area (Å²) >= 11 is 5.26. The van der Waals surface area contributed by atoms with Gasteiger partial charge in [-0.25, -0.2) is 13.8 Å². The van der Waals surface area contributed by atoms with Crippen molar-refractivity contribution in [2.24, 2.45) is 0 Å². The molecular formula is C8H3ClF5NO2. The molecule has 1 heterocycles. The maximum atomic E-state index is 12.5. The van der Waals surface area contributed by atoms with Crippen molar-refractivity contribution in [1.29, 1.82) is 0 Å². The first-order chi connectivity index (χ1) is 7.76. The fourth-order valence-electron chi connectivity index (χ4n) is 1.03. The molecule has 0 radical (unpaired) electrons. The Morgan fingerprint density at radius 1 is 1.41 bits per heavy atom. The number of nitrogens with zero attached hydrogens (tertiary/aromatic N) is 1. The minimum atomic E-state index is -5.12. The second-order valence-electron chi connectivity index (χ2n) is 2.71. The molecule has 0 spiro atoms. The molecule has 0 aliphatic rings. The van der Waals surface area contributed by atoms with Gasteiger partial charge in [-0.15, -0.1) is 13.2 Å². The second-order valence-corrected chi connectivity index (χ2v) is 3.06. The van der Waals surface area contributed by atoms with Crippen LogP contribution >= 0.6 is 11.6 Å². The third kappa shape index (κ3) is 3.26. The summed E-state index contributed by atoms with van der Waals surface area (Å²) < 4.78 is 64.0. The van der Waals surface area contributed by atoms with Crippen molar-refractivity contribution in [2.45, 2.75) is 12.8 Å². The first-order valence-electron chi connectivity index (χ1n) is 3.93. The van der Waals surface area contributed by atoms with Crippen LogP contribution in [0.2, 0.25) is 5.15 Å². The number of alkyl halides is 5. The summed E-state index contributed by atoms with van der Waals surface area (Å²) in [4.78, 5) is 13.6. The average molecular weight is 276 g/mol. The van der Waals surface area contributed by atoms with Crippen molar-refractivity contribution in [3.63, 3.8) is 0 Å². The predicted molar refractivity (Wildman–Crippen MR) is 46.3 cm³/mol. The average Bonchev–Trinajstić information content (AvgIpc) is 2.17. The molecule has 94 valence electrons. The molecule has 0 bridgehead atoms. The van der Waals surface area contributed by atoms with E-state index in [1.165, 1.54) is 0 Å². The van der Waals surface area contributed by atoms with E-state index in [1.807, 2.05) is 0 Å². The lowest BCUT2D eigenvalue weighted by atomic mass is 10.1. The van der Waals surface area contributed by atoms with Crippen LogP contribution in [0.1, 0.15) is 22.3 Å². The van der Waals surface area contributed by atoms with E-state index in [9.17, 15) is 26.7 Å². The number of aromatic nitrogens is 1. The summed E-state index contributed by atoms with van der Waals surface area (Å²) in [6.07, 6.45) is -8.11. The van der Waals surface area contributed by atoms with E-state index in [0.717, 1.165) is 0 Å². The molecule has 0 aliphatic carbocycles. The second kappa shape index (κ2) is 4.82. The first-order valence-corrected chi connectivity index (χ1v) is 4.31. The number of halogens is 6. The highest BCUT2D eigenvalue weighted by molar-refractivity contribution is 6.30. The van der Waals surface area contributed by atoms with Gasteiger partial charge >= 0.3 is 6.36 Å². The van der Waals surface area contributed by atoms with Crippen molar-refractivity contribution in [3.8, 4) is 5.75 Å². The molecule has 0 aromatic carbocycles. The lowest BCUT2D eigenvalue weighted by Crippen LogP contribution is -2.19. The first kappa shape index (κ1) is 13.6. The van der Waals surface area contributed by atoms with Crippen molar-refractivity contribution < 1.29 is 31.5 Å². The fraction of sp³-hybridized carbons (Fsp3) is 0.250. The lowest BCUT2D eigenvalue weighted by molar-refractivity contribution is -0.274. The summed E-state index contributed by atoms with van der Waals surface area (Å²) in [5.41, 5.74) is -2.07. The van der Waals surface area contributed by atoms with Gasteiger partial charge in [-0.1, -0.05) is 11.6 Å². The molecule has 0 amide bonds. The molecule has 9 heteroatoms. The highest BCUT2D eigenvalue weighted by atomic mass is 35.5. The van der Waals surface area contributed by atoms with Crippen LogP contribution in [0, 0.1) is 0 Å². The Morgan fingerprint density at radius 3 is 2.41 bits per heavy atom. The zero-order valence-electron chi connectivity index (χ0n) is 7.76. The molecule has 0 aliphatic heterocycles. The number of ether oxygens (including phenoxy) is 1. The monoisotopic (exact) mass is 275 g/mol. The smallest absolute Gasteiger partial charge is 0.403 e. The van der Waals surface area contributed by atoms with Gasteiger partial charge in [0.05, 0.1) is 17.3 Å². The van der Waals surface area contributed by atoms with Gasteiger partial charge in [0.25, 0.3) is 6.43 Å². The van der Waals surface area contributed by atoms with Crippen LogP contribution in [0.3, 0.4) is 0 Å². The Bertz CT molecular complexity index is 435. The quantitative estimate of drug-likeness (QED) is 0.482. The number of rotatable bonds is 3. The van der Waals surface area contributed by atoms with E-state index in [2.05, 4.69) is 9.72 Å². The van der Waals surface area contributed by atoms with E-state index in [-0.39, 0.29) is 6.29 Å². The molecule has 0 saturated carbocycles. The largest absolute Gasteiger partial charge is 0.573 e. The Kier molecular flexibility index (Phi) is 3.87. The van der Waals surface area contributed by atoms with Gasteiger partial charge in [0.15, 0.2) is 12.0 Å². The molecule has 17 heavy (non-hydrogen) atoms. The van der Waals surface area contributed by atoms with Gasteiger partial charge < -0.3 is 4.74 Å². The zero-order valence-corrected chi connectivity index (χ0v) is 8.52. The van der Waals surface area contributed by atoms with Crippen LogP contribution in [0.4, 0.5) is 22.0 Å². The Morgan fingerprint density at radius 2 is 2.00 bits per heavy atom. The summed E-state index contributed by atoms with van der Waals surface area (Å²) in [6.45, 7) is 0. The summed E-state index contributed by atoms with van der Waals surface area (Å²) in [7, 11) is 0. The molecule has 1 aromatic heterocycles. The van der Waals surface area contributed by atoms with Gasteiger partial charge in [0.2, 0.25) is 0 Å². The van der Waals surface area contributed by atoms with Gasteiger partial charge in [0, 0.05) is 0 Å². The van der Waals surface area contributed by atoms with Crippen LogP contribution in [-0.4, -0.2) is 17.6 Å². The van der Waals surface area contributed by atoms with Crippen molar-refractivity contribution in [1.82, 2.24) is 4.98 Å². The predicted octanol–water partition coefficient (Wildman–Crippen LogP) is 3.38. The number of hydrogen-bond donors (Lipinski definition) is 0. The highest BCUT2D eigenvalue weighted by Gasteiger charge is 2.34. The van der Waals surface area contributed by atoms with Gasteiger partial charge in [0.1, 0.15) is 5.15 Å². The Hall–Kier alpha value is -1.44. The third-order valence-electron chi connectivity index (χ3n) is 1.63. The molecule has 0 N–H and O–H groups in total. The minimum absolute atomic E-state index is 0.198. The van der Waals surface area contributed by atoms with Crippen molar-refractivity contribution >= 4 is 17.9 Å². The topological polar surface area (TPSA) is 39.2 Å². The molecule has 1 rings (SSSR count). The van der Waals surface area contributed by atoms with Crippen LogP contribution in [0.5, 0.6) is 5.75 Å². The number of pyridine rings is 1. The summed E-state index contributed by atoms with van der Waals surface area (Å²) in [5.74, 6) is -1.12. The van der Waals surface area contributed by atoms with E-state index in [4.69, 9.17) is 11.6 Å². The molecule has 1 aromatic rings. The maximum Gasteiger partial charge on any atom is 0.573 e. The molecule has 3 nitrogen and oxygen atoms in total. The minimum Gasteiger partial charge on any atom is -0.403 e. The maximum absolute atomic E-state index is 12.5. The van der Waals surface area contributed by atoms with E-state index in [0.29, 0.717) is 6.20 Å². The van der Waals surface area contributed by atoms with Gasteiger partial charge in [-0.05, 0) is 0 Å². The Balaban J connectivity index is 3.33. The number of hydrogen-bond acceptors (Lipinski definition) is 3. The number of carbonyl (C=O) groups is 1. The molecular weight excluding hydrogens is 273 g/mol. The SMILES string of the molecule is O=Cc1c(OC(F)(F)F)cnc(Cl)c1C(F)F. The highest BCUT2D eigenvalue weighted by Crippen LogP contribution is 2.35. The summed E-state index contributed by atoms with van der Waals surface area (Å²) in [5, 5.41) is -0.753. The molecule has 0 saturated heterocycles. The van der Waals surface area contributed by atoms with Crippen LogP contribution in [0.15, 0.2) is 6.20 Å². The van der Waals surface area contributed by atoms with E-state index in [1.54, 1.807) is 0 Å². The lowest BCUT2D eigenvalue weighted by Gasteiger charge is -2.13. The van der Waals surface area contributed by atoms with Gasteiger partial charge in [-0.3, -0.25) is 4.79 Å². The standard InChI is InChI=1S/C8H3ClF5NO2/c9-6-5(7(10)11)3(2-16)4(1-15-6)17-8(12,13)14/h1-2,7H. The van der Waals surface area contributed by atoms with Crippen LogP contribution in [-0.2, 0) is 0 Å². The van der Waals surface area contributed by atoms with E-state index < -0.39 is 34.8 Å². The number of carbonyl (C=O) groups excluding carboxylic acids is 1. The molecule has 0 atom stereocenters. The molecule has 0 unspecified atom stereocenters. The van der Waals surface area contributed by atoms with Gasteiger partial charge in [-0.2, -0.15) is 0 Å². The van der Waals surface area contributed by atoms with Crippen LogP contribution < -0.4 is 4.74 Å². The van der Waals surface area contributed by atoms with Crippen molar-refractivity contribution in [3.05, 3.63) is 22.5 Å². The van der Waals surface area contributed by atoms with Crippen molar-refractivity contribution in [2.75, 3.05) is 0 Å². The fourth-order valence-corrected chi connectivity index (χ4v) is 1.27.